The lowest BCUT2D eigenvalue weighted by Crippen LogP contribution is -2.14. The molecule has 0 aliphatic heterocycles. The first-order chi connectivity index (χ1) is 11.7. The molecular formula is C20H16N2O2. The Hall–Kier alpha value is -3.14. The molecule has 0 fully saturated rings. The van der Waals surface area contributed by atoms with Crippen LogP contribution in [-0.4, -0.2) is 10.9 Å². The van der Waals surface area contributed by atoms with Crippen molar-refractivity contribution in [1.82, 2.24) is 4.98 Å². The van der Waals surface area contributed by atoms with Gasteiger partial charge in [-0.25, -0.2) is 4.98 Å². The van der Waals surface area contributed by atoms with E-state index in [0.29, 0.717) is 23.6 Å². The van der Waals surface area contributed by atoms with Crippen LogP contribution in [0.2, 0.25) is 0 Å². The van der Waals surface area contributed by atoms with E-state index in [2.05, 4.69) is 22.4 Å². The average Bonchev–Trinajstić information content (AvgIpc) is 2.94. The summed E-state index contributed by atoms with van der Waals surface area (Å²) in [5.41, 5.74) is 3.20. The van der Waals surface area contributed by atoms with Gasteiger partial charge in [-0.05, 0) is 28.5 Å². The van der Waals surface area contributed by atoms with E-state index in [1.807, 2.05) is 42.5 Å². The standard InChI is InChI=1S/C20H16N2O2/c1-13-21-18-10-9-16(12-19(18)24-13)22-20(23)11-15-7-4-6-14-5-2-3-8-17(14)15/h2-10,12H,11H2,1H3,(H,22,23). The van der Waals surface area contributed by atoms with Crippen LogP contribution in [0.15, 0.2) is 65.1 Å². The van der Waals surface area contributed by atoms with Gasteiger partial charge >= 0.3 is 0 Å². The van der Waals surface area contributed by atoms with Crippen LogP contribution in [0.4, 0.5) is 5.69 Å². The average molecular weight is 316 g/mol. The number of carbonyl (C=O) groups is 1. The third-order valence-electron chi connectivity index (χ3n) is 4.01. The fraction of sp³-hybridized carbons (Fsp3) is 0.100. The topological polar surface area (TPSA) is 55.1 Å². The van der Waals surface area contributed by atoms with Gasteiger partial charge in [-0.1, -0.05) is 42.5 Å². The first-order valence-electron chi connectivity index (χ1n) is 7.83. The Kier molecular flexibility index (Phi) is 3.50. The monoisotopic (exact) mass is 316 g/mol. The molecule has 0 saturated carbocycles. The third kappa shape index (κ3) is 2.74. The summed E-state index contributed by atoms with van der Waals surface area (Å²) >= 11 is 0. The van der Waals surface area contributed by atoms with Crippen molar-refractivity contribution in [3.63, 3.8) is 0 Å². The Morgan fingerprint density at radius 2 is 1.92 bits per heavy atom. The molecule has 1 N–H and O–H groups in total. The number of aromatic nitrogens is 1. The molecule has 4 heteroatoms. The lowest BCUT2D eigenvalue weighted by molar-refractivity contribution is -0.115. The minimum Gasteiger partial charge on any atom is -0.441 e. The maximum absolute atomic E-state index is 12.4. The van der Waals surface area contributed by atoms with Gasteiger partial charge in [0.15, 0.2) is 11.5 Å². The van der Waals surface area contributed by atoms with E-state index in [0.717, 1.165) is 21.9 Å². The number of carbonyl (C=O) groups excluding carboxylic acids is 1. The molecule has 24 heavy (non-hydrogen) atoms. The molecule has 0 aliphatic rings. The fourth-order valence-corrected chi connectivity index (χ4v) is 2.94. The first-order valence-corrected chi connectivity index (χ1v) is 7.83. The van der Waals surface area contributed by atoms with Crippen LogP contribution in [-0.2, 0) is 11.2 Å². The van der Waals surface area contributed by atoms with Gasteiger partial charge in [0.05, 0.1) is 6.42 Å². The summed E-state index contributed by atoms with van der Waals surface area (Å²) in [7, 11) is 0. The molecule has 4 nitrogen and oxygen atoms in total. The molecule has 0 saturated heterocycles. The summed E-state index contributed by atoms with van der Waals surface area (Å²) in [6.45, 7) is 1.80. The van der Waals surface area contributed by atoms with Gasteiger partial charge in [-0.3, -0.25) is 4.79 Å². The molecule has 4 aromatic rings. The van der Waals surface area contributed by atoms with E-state index >= 15 is 0 Å². The number of hydrogen-bond acceptors (Lipinski definition) is 3. The molecule has 0 unspecified atom stereocenters. The summed E-state index contributed by atoms with van der Waals surface area (Å²) in [6, 6.07) is 19.6. The van der Waals surface area contributed by atoms with Crippen molar-refractivity contribution in [3.05, 3.63) is 72.1 Å². The zero-order chi connectivity index (χ0) is 16.5. The normalized spacial score (nSPS) is 11.0. The molecule has 3 aromatic carbocycles. The summed E-state index contributed by atoms with van der Waals surface area (Å²) in [5, 5.41) is 5.18. The van der Waals surface area contributed by atoms with E-state index in [-0.39, 0.29) is 5.91 Å². The molecule has 1 amide bonds. The maximum Gasteiger partial charge on any atom is 0.228 e. The van der Waals surface area contributed by atoms with Crippen molar-refractivity contribution < 1.29 is 9.21 Å². The zero-order valence-electron chi connectivity index (χ0n) is 13.2. The van der Waals surface area contributed by atoms with Gasteiger partial charge < -0.3 is 9.73 Å². The Bertz CT molecular complexity index is 1040. The molecule has 1 aromatic heterocycles. The van der Waals surface area contributed by atoms with Crippen LogP contribution in [0, 0.1) is 6.92 Å². The first kappa shape index (κ1) is 14.5. The Morgan fingerprint density at radius 3 is 2.83 bits per heavy atom. The summed E-state index contributed by atoms with van der Waals surface area (Å²) in [5.74, 6) is 0.561. The Morgan fingerprint density at radius 1 is 1.08 bits per heavy atom. The maximum atomic E-state index is 12.4. The SMILES string of the molecule is Cc1nc2ccc(NC(=O)Cc3cccc4ccccc34)cc2o1. The number of hydrogen-bond donors (Lipinski definition) is 1. The summed E-state index contributed by atoms with van der Waals surface area (Å²) in [6.07, 6.45) is 0.328. The van der Waals surface area contributed by atoms with Crippen molar-refractivity contribution in [2.75, 3.05) is 5.32 Å². The van der Waals surface area contributed by atoms with Gasteiger partial charge in [0.1, 0.15) is 5.52 Å². The van der Waals surface area contributed by atoms with Crippen LogP contribution < -0.4 is 5.32 Å². The highest BCUT2D eigenvalue weighted by molar-refractivity contribution is 5.97. The lowest BCUT2D eigenvalue weighted by Gasteiger charge is -2.08. The molecule has 0 atom stereocenters. The van der Waals surface area contributed by atoms with Crippen LogP contribution >= 0.6 is 0 Å². The largest absolute Gasteiger partial charge is 0.441 e. The van der Waals surface area contributed by atoms with Crippen LogP contribution in [0.3, 0.4) is 0 Å². The van der Waals surface area contributed by atoms with E-state index in [1.54, 1.807) is 13.0 Å². The van der Waals surface area contributed by atoms with E-state index < -0.39 is 0 Å². The molecule has 0 aliphatic carbocycles. The van der Waals surface area contributed by atoms with Crippen molar-refractivity contribution in [2.45, 2.75) is 13.3 Å². The molecule has 0 bridgehead atoms. The number of benzene rings is 3. The number of amides is 1. The third-order valence-corrected chi connectivity index (χ3v) is 4.01. The van der Waals surface area contributed by atoms with Crippen molar-refractivity contribution in [1.29, 1.82) is 0 Å². The van der Waals surface area contributed by atoms with Crippen LogP contribution in [0.25, 0.3) is 21.9 Å². The molecule has 0 radical (unpaired) electrons. The highest BCUT2D eigenvalue weighted by Crippen LogP contribution is 2.21. The lowest BCUT2D eigenvalue weighted by atomic mass is 10.0. The van der Waals surface area contributed by atoms with Gasteiger partial charge in [0.25, 0.3) is 0 Å². The van der Waals surface area contributed by atoms with Crippen molar-refractivity contribution in [2.24, 2.45) is 0 Å². The van der Waals surface area contributed by atoms with Gasteiger partial charge in [0.2, 0.25) is 5.91 Å². The molecule has 0 spiro atoms. The number of nitrogens with one attached hydrogen (secondary N) is 1. The molecule has 4 rings (SSSR count). The number of anilines is 1. The van der Waals surface area contributed by atoms with E-state index in [9.17, 15) is 4.79 Å². The zero-order valence-corrected chi connectivity index (χ0v) is 13.2. The summed E-state index contributed by atoms with van der Waals surface area (Å²) < 4.78 is 5.50. The fourth-order valence-electron chi connectivity index (χ4n) is 2.94. The van der Waals surface area contributed by atoms with Crippen LogP contribution in [0.5, 0.6) is 0 Å². The number of oxazole rings is 1. The minimum atomic E-state index is -0.0538. The van der Waals surface area contributed by atoms with Crippen molar-refractivity contribution in [3.8, 4) is 0 Å². The predicted molar refractivity (Wildman–Crippen MR) is 95.0 cm³/mol. The van der Waals surface area contributed by atoms with Gasteiger partial charge in [0, 0.05) is 18.7 Å². The highest BCUT2D eigenvalue weighted by atomic mass is 16.3. The molecule has 118 valence electrons. The number of nitrogens with zero attached hydrogens (tertiary/aromatic N) is 1. The van der Waals surface area contributed by atoms with Crippen LogP contribution in [0.1, 0.15) is 11.5 Å². The molecule has 1 heterocycles. The minimum absolute atomic E-state index is 0.0538. The Labute approximate surface area is 139 Å². The highest BCUT2D eigenvalue weighted by Gasteiger charge is 2.09. The number of rotatable bonds is 3. The summed E-state index contributed by atoms with van der Waals surface area (Å²) in [4.78, 5) is 16.7. The van der Waals surface area contributed by atoms with E-state index in [4.69, 9.17) is 4.42 Å². The second kappa shape index (κ2) is 5.81. The second-order valence-electron chi connectivity index (χ2n) is 5.78. The Balaban J connectivity index is 1.56. The number of fused-ring (bicyclic) bond motifs is 2. The van der Waals surface area contributed by atoms with E-state index in [1.165, 1.54) is 0 Å². The molecular weight excluding hydrogens is 300 g/mol. The smallest absolute Gasteiger partial charge is 0.228 e. The quantitative estimate of drug-likeness (QED) is 0.606. The second-order valence-corrected chi connectivity index (χ2v) is 5.78. The van der Waals surface area contributed by atoms with Gasteiger partial charge in [-0.15, -0.1) is 0 Å². The van der Waals surface area contributed by atoms with Gasteiger partial charge in [-0.2, -0.15) is 0 Å². The predicted octanol–water partition coefficient (Wildman–Crippen LogP) is 4.47. The van der Waals surface area contributed by atoms with Crippen molar-refractivity contribution >= 4 is 33.5 Å². The number of aryl methyl sites for hydroxylation is 1.